The normalized spacial score (nSPS) is 20.4. The number of carbonyl (C=O) groups excluding carboxylic acids is 2. The molecule has 0 aromatic heterocycles. The van der Waals surface area contributed by atoms with Crippen LogP contribution in [0.1, 0.15) is 12.5 Å². The van der Waals surface area contributed by atoms with Crippen molar-refractivity contribution in [3.63, 3.8) is 0 Å². The first-order chi connectivity index (χ1) is 8.00. The molecule has 0 saturated carbocycles. The molecule has 1 aliphatic heterocycles. The fraction of sp³-hybridized carbons (Fsp3) is 0.333. The van der Waals surface area contributed by atoms with Gasteiger partial charge in [-0.25, -0.2) is 0 Å². The van der Waals surface area contributed by atoms with E-state index in [1.807, 2.05) is 19.1 Å². The van der Waals surface area contributed by atoms with E-state index in [9.17, 15) is 9.59 Å². The Labute approximate surface area is 99.6 Å². The number of rotatable bonds is 1. The molecule has 1 aromatic rings. The Bertz CT molecular complexity index is 464. The molecule has 3 N–H and O–H groups in total. The first-order valence-electron chi connectivity index (χ1n) is 5.46. The maximum absolute atomic E-state index is 11.6. The third kappa shape index (κ3) is 1.95. The number of nitrogens with zero attached hydrogens (tertiary/aromatic N) is 1. The van der Waals surface area contributed by atoms with Gasteiger partial charge < -0.3 is 10.6 Å². The van der Waals surface area contributed by atoms with E-state index < -0.39 is 6.04 Å². The number of nitrogens with one attached hydrogen (secondary N) is 1. The van der Waals surface area contributed by atoms with Gasteiger partial charge in [0.1, 0.15) is 6.04 Å². The van der Waals surface area contributed by atoms with E-state index in [2.05, 4.69) is 5.32 Å². The van der Waals surface area contributed by atoms with E-state index in [1.165, 1.54) is 0 Å². The zero-order chi connectivity index (χ0) is 12.6. The van der Waals surface area contributed by atoms with Gasteiger partial charge in [0.05, 0.1) is 17.9 Å². The molecule has 1 fully saturated rings. The summed E-state index contributed by atoms with van der Waals surface area (Å²) in [5.41, 5.74) is 8.23. The van der Waals surface area contributed by atoms with Crippen LogP contribution in [0.5, 0.6) is 0 Å². The smallest absolute Gasteiger partial charge is 0.249 e. The highest BCUT2D eigenvalue weighted by Gasteiger charge is 2.31. The number of hydrogen-bond acceptors (Lipinski definition) is 4. The van der Waals surface area contributed by atoms with Crippen LogP contribution >= 0.6 is 0 Å². The van der Waals surface area contributed by atoms with Crippen LogP contribution in [0.25, 0.3) is 0 Å². The molecule has 0 radical (unpaired) electrons. The van der Waals surface area contributed by atoms with Crippen LogP contribution in [0.2, 0.25) is 0 Å². The summed E-state index contributed by atoms with van der Waals surface area (Å²) < 4.78 is 0. The van der Waals surface area contributed by atoms with Gasteiger partial charge in [-0.1, -0.05) is 12.1 Å². The van der Waals surface area contributed by atoms with Crippen LogP contribution in [0.15, 0.2) is 18.2 Å². The molecule has 2 amide bonds. The second-order valence-corrected chi connectivity index (χ2v) is 4.23. The van der Waals surface area contributed by atoms with Crippen LogP contribution < -0.4 is 16.0 Å². The van der Waals surface area contributed by atoms with Gasteiger partial charge in [0.2, 0.25) is 11.8 Å². The van der Waals surface area contributed by atoms with E-state index in [-0.39, 0.29) is 18.4 Å². The molecule has 90 valence electrons. The number of piperazine rings is 1. The van der Waals surface area contributed by atoms with Crippen LogP contribution in [0, 0.1) is 6.92 Å². The third-order valence-corrected chi connectivity index (χ3v) is 2.98. The number of para-hydroxylation sites is 1. The standard InChI is InChI=1S/C12H15N3O2/c1-7-4-3-5-9(13)11(7)15-6-10(16)14-12(17)8(15)2/h3-5,8H,6,13H2,1-2H3,(H,14,16,17). The molecule has 1 atom stereocenters. The van der Waals surface area contributed by atoms with Crippen molar-refractivity contribution in [3.05, 3.63) is 23.8 Å². The highest BCUT2D eigenvalue weighted by Crippen LogP contribution is 2.29. The van der Waals surface area contributed by atoms with Gasteiger partial charge in [0.25, 0.3) is 0 Å². The Morgan fingerprint density at radius 1 is 1.41 bits per heavy atom. The number of hydrogen-bond donors (Lipinski definition) is 2. The summed E-state index contributed by atoms with van der Waals surface area (Å²) >= 11 is 0. The molecule has 5 heteroatoms. The lowest BCUT2D eigenvalue weighted by Gasteiger charge is -2.35. The van der Waals surface area contributed by atoms with Crippen LogP contribution in [0.3, 0.4) is 0 Å². The highest BCUT2D eigenvalue weighted by atomic mass is 16.2. The summed E-state index contributed by atoms with van der Waals surface area (Å²) in [5.74, 6) is -0.584. The summed E-state index contributed by atoms with van der Waals surface area (Å²) in [6.45, 7) is 3.82. The fourth-order valence-electron chi connectivity index (χ4n) is 2.06. The number of amides is 2. The van der Waals surface area contributed by atoms with E-state index in [1.54, 1.807) is 17.9 Å². The molecule has 0 bridgehead atoms. The van der Waals surface area contributed by atoms with Gasteiger partial charge in [0.15, 0.2) is 0 Å². The third-order valence-electron chi connectivity index (χ3n) is 2.98. The van der Waals surface area contributed by atoms with Gasteiger partial charge in [-0.15, -0.1) is 0 Å². The van der Waals surface area contributed by atoms with Crippen molar-refractivity contribution in [2.24, 2.45) is 0 Å². The molecule has 5 nitrogen and oxygen atoms in total. The number of aryl methyl sites for hydroxylation is 1. The van der Waals surface area contributed by atoms with Gasteiger partial charge in [0, 0.05) is 0 Å². The monoisotopic (exact) mass is 233 g/mol. The largest absolute Gasteiger partial charge is 0.397 e. The SMILES string of the molecule is Cc1cccc(N)c1N1CC(=O)NC(=O)C1C. The predicted octanol–water partition coefficient (Wildman–Crippen LogP) is 0.429. The molecular weight excluding hydrogens is 218 g/mol. The van der Waals surface area contributed by atoms with Crippen molar-refractivity contribution < 1.29 is 9.59 Å². The van der Waals surface area contributed by atoms with Gasteiger partial charge >= 0.3 is 0 Å². The van der Waals surface area contributed by atoms with Crippen molar-refractivity contribution in [2.75, 3.05) is 17.2 Å². The number of anilines is 2. The number of benzene rings is 1. The minimum Gasteiger partial charge on any atom is -0.397 e. The molecule has 1 saturated heterocycles. The molecule has 0 aliphatic carbocycles. The van der Waals surface area contributed by atoms with E-state index in [0.29, 0.717) is 5.69 Å². The van der Waals surface area contributed by atoms with Crippen molar-refractivity contribution in [1.82, 2.24) is 5.32 Å². The maximum Gasteiger partial charge on any atom is 0.249 e. The lowest BCUT2D eigenvalue weighted by atomic mass is 10.1. The Hall–Kier alpha value is -2.04. The van der Waals surface area contributed by atoms with Crippen molar-refractivity contribution in [1.29, 1.82) is 0 Å². The Morgan fingerprint density at radius 3 is 2.76 bits per heavy atom. The van der Waals surface area contributed by atoms with Crippen LogP contribution in [0.4, 0.5) is 11.4 Å². The van der Waals surface area contributed by atoms with Crippen molar-refractivity contribution in [2.45, 2.75) is 19.9 Å². The van der Waals surface area contributed by atoms with Gasteiger partial charge in [-0.05, 0) is 25.5 Å². The Balaban J connectivity index is 2.44. The first kappa shape index (κ1) is 11.4. The molecular formula is C12H15N3O2. The minimum atomic E-state index is -0.393. The number of nitrogens with two attached hydrogens (primary N) is 1. The molecule has 0 spiro atoms. The summed E-state index contributed by atoms with van der Waals surface area (Å²) in [6.07, 6.45) is 0. The average Bonchev–Trinajstić information content (AvgIpc) is 2.24. The fourth-order valence-corrected chi connectivity index (χ4v) is 2.06. The molecule has 1 heterocycles. The second-order valence-electron chi connectivity index (χ2n) is 4.23. The Morgan fingerprint density at radius 2 is 2.12 bits per heavy atom. The molecule has 1 aromatic carbocycles. The first-order valence-corrected chi connectivity index (χ1v) is 5.46. The molecule has 17 heavy (non-hydrogen) atoms. The zero-order valence-electron chi connectivity index (χ0n) is 9.86. The lowest BCUT2D eigenvalue weighted by Crippen LogP contribution is -2.57. The van der Waals surface area contributed by atoms with Crippen molar-refractivity contribution >= 4 is 23.2 Å². The lowest BCUT2D eigenvalue weighted by molar-refractivity contribution is -0.132. The van der Waals surface area contributed by atoms with Gasteiger partial charge in [-0.3, -0.25) is 14.9 Å². The predicted molar refractivity (Wildman–Crippen MR) is 65.5 cm³/mol. The average molecular weight is 233 g/mol. The number of carbonyl (C=O) groups is 2. The highest BCUT2D eigenvalue weighted by molar-refractivity contribution is 6.05. The quantitative estimate of drug-likeness (QED) is 0.545. The van der Waals surface area contributed by atoms with E-state index in [4.69, 9.17) is 5.73 Å². The zero-order valence-corrected chi connectivity index (χ0v) is 9.86. The second kappa shape index (κ2) is 4.08. The van der Waals surface area contributed by atoms with E-state index >= 15 is 0 Å². The van der Waals surface area contributed by atoms with Crippen molar-refractivity contribution in [3.8, 4) is 0 Å². The van der Waals surface area contributed by atoms with Crippen LogP contribution in [-0.4, -0.2) is 24.4 Å². The van der Waals surface area contributed by atoms with E-state index in [0.717, 1.165) is 11.3 Å². The summed E-state index contributed by atoms with van der Waals surface area (Å²) in [6, 6.07) is 5.14. The van der Waals surface area contributed by atoms with Gasteiger partial charge in [-0.2, -0.15) is 0 Å². The summed E-state index contributed by atoms with van der Waals surface area (Å²) in [4.78, 5) is 24.7. The topological polar surface area (TPSA) is 75.4 Å². The molecule has 2 rings (SSSR count). The Kier molecular flexibility index (Phi) is 2.75. The maximum atomic E-state index is 11.6. The molecule has 1 aliphatic rings. The summed E-state index contributed by atoms with van der Waals surface area (Å²) in [7, 11) is 0. The molecule has 1 unspecified atom stereocenters. The minimum absolute atomic E-state index is 0.155. The number of imide groups is 1. The number of nitrogen functional groups attached to an aromatic ring is 1. The van der Waals surface area contributed by atoms with Crippen LogP contribution in [-0.2, 0) is 9.59 Å². The summed E-state index contributed by atoms with van der Waals surface area (Å²) in [5, 5.41) is 2.31.